The summed E-state index contributed by atoms with van der Waals surface area (Å²) in [5.74, 6) is 0. The molecule has 0 amide bonds. The predicted octanol–water partition coefficient (Wildman–Crippen LogP) is 2.23. The van der Waals surface area contributed by atoms with Crippen molar-refractivity contribution in [3.8, 4) is 0 Å². The first-order valence-electron chi connectivity index (χ1n) is 5.33. The minimum absolute atomic E-state index is 0.0440. The molecule has 2 nitrogen and oxygen atoms in total. The molecule has 0 aromatic rings. The molecule has 1 fully saturated rings. The number of nitrogens with zero attached hydrogens (tertiary/aromatic N) is 1. The molecule has 0 radical (unpaired) electrons. The lowest BCUT2D eigenvalue weighted by Gasteiger charge is -2.32. The fraction of sp³-hybridized carbons (Fsp3) is 1.00. The number of likely N-dealkylation sites (N-methyl/N-ethyl adjacent to an activating group) is 1. The fourth-order valence-corrected chi connectivity index (χ4v) is 2.20. The van der Waals surface area contributed by atoms with Crippen LogP contribution in [0.15, 0.2) is 0 Å². The Labute approximate surface area is 86.4 Å². The number of halogens is 1. The van der Waals surface area contributed by atoms with Gasteiger partial charge in [-0.1, -0.05) is 0 Å². The third-order valence-electron chi connectivity index (χ3n) is 2.66. The highest BCUT2D eigenvalue weighted by molar-refractivity contribution is 4.90. The van der Waals surface area contributed by atoms with Gasteiger partial charge in [0, 0.05) is 6.54 Å². The molecule has 1 rings (SSSR count). The van der Waals surface area contributed by atoms with Crippen molar-refractivity contribution in [3.05, 3.63) is 0 Å². The molecule has 0 spiro atoms. The number of hydrogen-bond acceptors (Lipinski definition) is 2. The van der Waals surface area contributed by atoms with Crippen molar-refractivity contribution < 1.29 is 9.13 Å². The fourth-order valence-electron chi connectivity index (χ4n) is 2.20. The molecule has 0 saturated carbocycles. The third kappa shape index (κ3) is 2.92. The van der Waals surface area contributed by atoms with Crippen LogP contribution in [0.25, 0.3) is 0 Å². The van der Waals surface area contributed by atoms with E-state index in [4.69, 9.17) is 4.74 Å². The number of ether oxygens (including phenoxy) is 1. The summed E-state index contributed by atoms with van der Waals surface area (Å²) in [7, 11) is 1.97. The third-order valence-corrected chi connectivity index (χ3v) is 2.66. The van der Waals surface area contributed by atoms with Gasteiger partial charge in [0.15, 0.2) is 0 Å². The van der Waals surface area contributed by atoms with Crippen molar-refractivity contribution >= 4 is 0 Å². The first-order chi connectivity index (χ1) is 6.31. The van der Waals surface area contributed by atoms with E-state index in [1.165, 1.54) is 0 Å². The number of alkyl halides is 1. The Morgan fingerprint density at radius 2 is 2.00 bits per heavy atom. The van der Waals surface area contributed by atoms with Crippen LogP contribution in [-0.4, -0.2) is 42.4 Å². The quantitative estimate of drug-likeness (QED) is 0.682. The molecule has 1 aliphatic heterocycles. The van der Waals surface area contributed by atoms with Gasteiger partial charge in [0.1, 0.15) is 6.17 Å². The van der Waals surface area contributed by atoms with Gasteiger partial charge in [-0.15, -0.1) is 0 Å². The van der Waals surface area contributed by atoms with Crippen LogP contribution in [0.5, 0.6) is 0 Å². The normalized spacial score (nSPS) is 32.1. The number of rotatable bonds is 2. The van der Waals surface area contributed by atoms with Crippen LogP contribution >= 0.6 is 0 Å². The van der Waals surface area contributed by atoms with Crippen LogP contribution in [0.3, 0.4) is 0 Å². The summed E-state index contributed by atoms with van der Waals surface area (Å²) in [6.07, 6.45) is -0.145. The molecule has 1 saturated heterocycles. The van der Waals surface area contributed by atoms with E-state index in [9.17, 15) is 4.39 Å². The molecule has 14 heavy (non-hydrogen) atoms. The Morgan fingerprint density at radius 1 is 1.43 bits per heavy atom. The van der Waals surface area contributed by atoms with Crippen LogP contribution in [0.4, 0.5) is 4.39 Å². The summed E-state index contributed by atoms with van der Waals surface area (Å²) < 4.78 is 19.3. The maximum absolute atomic E-state index is 13.5. The van der Waals surface area contributed by atoms with E-state index >= 15 is 0 Å². The highest BCUT2D eigenvalue weighted by atomic mass is 19.1. The van der Waals surface area contributed by atoms with E-state index in [0.717, 1.165) is 6.54 Å². The minimum atomic E-state index is -0.739. The SMILES string of the molecule is C[C@H](OC(C)(C)C)[C@@H]1[C@@H](F)CCN1C. The van der Waals surface area contributed by atoms with E-state index in [1.807, 2.05) is 34.7 Å². The van der Waals surface area contributed by atoms with Crippen LogP contribution in [-0.2, 0) is 4.74 Å². The van der Waals surface area contributed by atoms with Crippen molar-refractivity contribution in [2.75, 3.05) is 13.6 Å². The summed E-state index contributed by atoms with van der Waals surface area (Å²) >= 11 is 0. The Balaban J connectivity index is 2.55. The van der Waals surface area contributed by atoms with Gasteiger partial charge in [0.05, 0.1) is 17.7 Å². The van der Waals surface area contributed by atoms with Gasteiger partial charge < -0.3 is 4.74 Å². The van der Waals surface area contributed by atoms with Gasteiger partial charge in [0.25, 0.3) is 0 Å². The largest absolute Gasteiger partial charge is 0.371 e. The summed E-state index contributed by atoms with van der Waals surface area (Å²) in [6, 6.07) is -0.0748. The zero-order valence-corrected chi connectivity index (χ0v) is 9.88. The van der Waals surface area contributed by atoms with Crippen LogP contribution in [0, 0.1) is 0 Å². The molecule has 0 bridgehead atoms. The van der Waals surface area contributed by atoms with Gasteiger partial charge in [-0.3, -0.25) is 4.90 Å². The van der Waals surface area contributed by atoms with E-state index in [1.54, 1.807) is 0 Å². The Kier molecular flexibility index (Phi) is 3.53. The summed E-state index contributed by atoms with van der Waals surface area (Å²) in [6.45, 7) is 8.82. The molecule has 0 N–H and O–H groups in total. The molecule has 0 aromatic carbocycles. The highest BCUT2D eigenvalue weighted by Crippen LogP contribution is 2.25. The summed E-state index contributed by atoms with van der Waals surface area (Å²) in [5.41, 5.74) is -0.192. The van der Waals surface area contributed by atoms with E-state index in [2.05, 4.69) is 4.90 Å². The van der Waals surface area contributed by atoms with Crippen LogP contribution < -0.4 is 0 Å². The molecule has 0 aromatic heterocycles. The number of likely N-dealkylation sites (tertiary alicyclic amines) is 1. The lowest BCUT2D eigenvalue weighted by molar-refractivity contribution is -0.0864. The second kappa shape index (κ2) is 4.15. The Hall–Kier alpha value is -0.150. The minimum Gasteiger partial charge on any atom is -0.371 e. The van der Waals surface area contributed by atoms with Gasteiger partial charge in [-0.05, 0) is 41.2 Å². The smallest absolute Gasteiger partial charge is 0.119 e. The second-order valence-electron chi connectivity index (χ2n) is 5.21. The molecule has 3 atom stereocenters. The van der Waals surface area contributed by atoms with E-state index in [0.29, 0.717) is 6.42 Å². The van der Waals surface area contributed by atoms with Gasteiger partial charge in [-0.2, -0.15) is 0 Å². The highest BCUT2D eigenvalue weighted by Gasteiger charge is 2.37. The zero-order valence-electron chi connectivity index (χ0n) is 9.88. The van der Waals surface area contributed by atoms with Crippen molar-refractivity contribution in [2.24, 2.45) is 0 Å². The van der Waals surface area contributed by atoms with Crippen LogP contribution in [0.2, 0.25) is 0 Å². The molecule has 84 valence electrons. The van der Waals surface area contributed by atoms with Crippen LogP contribution in [0.1, 0.15) is 34.1 Å². The standard InChI is InChI=1S/C11H22FNO/c1-8(14-11(2,3)4)10-9(12)6-7-13(10)5/h8-10H,6-7H2,1-5H3/t8-,9-,10+/m0/s1. The average Bonchev–Trinajstić information content (AvgIpc) is 2.27. The molecular weight excluding hydrogens is 181 g/mol. The van der Waals surface area contributed by atoms with Crippen molar-refractivity contribution in [2.45, 2.75) is 58.0 Å². The van der Waals surface area contributed by atoms with Gasteiger partial charge >= 0.3 is 0 Å². The van der Waals surface area contributed by atoms with Gasteiger partial charge in [-0.25, -0.2) is 4.39 Å². The van der Waals surface area contributed by atoms with Gasteiger partial charge in [0.2, 0.25) is 0 Å². The maximum Gasteiger partial charge on any atom is 0.119 e. The maximum atomic E-state index is 13.5. The summed E-state index contributed by atoms with van der Waals surface area (Å²) in [5, 5.41) is 0. The lowest BCUT2D eigenvalue weighted by Crippen LogP contribution is -2.44. The number of hydrogen-bond donors (Lipinski definition) is 0. The molecule has 0 aliphatic carbocycles. The predicted molar refractivity (Wildman–Crippen MR) is 56.2 cm³/mol. The first kappa shape index (κ1) is 11.9. The van der Waals surface area contributed by atoms with Crippen molar-refractivity contribution in [1.82, 2.24) is 4.90 Å². The Bertz CT molecular complexity index is 180. The molecule has 1 heterocycles. The lowest BCUT2D eigenvalue weighted by atomic mass is 10.1. The molecule has 0 unspecified atom stereocenters. The van der Waals surface area contributed by atoms with Crippen molar-refractivity contribution in [1.29, 1.82) is 0 Å². The Morgan fingerprint density at radius 3 is 2.36 bits per heavy atom. The summed E-state index contributed by atoms with van der Waals surface area (Å²) in [4.78, 5) is 2.06. The van der Waals surface area contributed by atoms with E-state index < -0.39 is 6.17 Å². The zero-order chi connectivity index (χ0) is 10.9. The monoisotopic (exact) mass is 203 g/mol. The molecular formula is C11H22FNO. The van der Waals surface area contributed by atoms with E-state index in [-0.39, 0.29) is 17.7 Å². The molecule has 1 aliphatic rings. The topological polar surface area (TPSA) is 12.5 Å². The molecule has 3 heteroatoms. The van der Waals surface area contributed by atoms with Crippen molar-refractivity contribution in [3.63, 3.8) is 0 Å². The second-order valence-corrected chi connectivity index (χ2v) is 5.21. The average molecular weight is 203 g/mol. The first-order valence-corrected chi connectivity index (χ1v) is 5.33.